The van der Waals surface area contributed by atoms with E-state index in [9.17, 15) is 14.4 Å². The van der Waals surface area contributed by atoms with Gasteiger partial charge in [-0.1, -0.05) is 0 Å². The number of nitrogens with zero attached hydrogens (tertiary/aromatic N) is 1. The van der Waals surface area contributed by atoms with Crippen molar-refractivity contribution in [3.05, 3.63) is 29.8 Å². The van der Waals surface area contributed by atoms with E-state index in [1.807, 2.05) is 0 Å². The molecule has 140 valence electrons. The quantitative estimate of drug-likeness (QED) is 0.673. The average molecular weight is 360 g/mol. The summed E-state index contributed by atoms with van der Waals surface area (Å²) in [5, 5.41) is 8.65. The average Bonchev–Trinajstić information content (AvgIpc) is 2.69. The van der Waals surface area contributed by atoms with Gasteiger partial charge in [-0.25, -0.2) is 0 Å². The topological polar surface area (TPSA) is 99.8 Å². The van der Waals surface area contributed by atoms with Crippen molar-refractivity contribution in [3.63, 3.8) is 0 Å². The number of carbonyl (C=O) groups is 3. The minimum atomic E-state index is -0.527. The number of piperidine rings is 1. The van der Waals surface area contributed by atoms with Crippen molar-refractivity contribution in [2.45, 2.75) is 24.9 Å². The molecule has 0 saturated carbocycles. The Hall–Kier alpha value is -2.61. The van der Waals surface area contributed by atoms with Crippen LogP contribution in [-0.4, -0.2) is 68.0 Å². The van der Waals surface area contributed by atoms with E-state index in [0.717, 1.165) is 6.42 Å². The Balaban J connectivity index is 1.59. The number of carbonyl (C=O) groups excluding carboxylic acids is 3. The summed E-state index contributed by atoms with van der Waals surface area (Å²) in [6.45, 7) is 1.97. The molecule has 1 aromatic rings. The lowest BCUT2D eigenvalue weighted by Gasteiger charge is -2.34. The van der Waals surface area contributed by atoms with Crippen molar-refractivity contribution < 1.29 is 19.1 Å². The van der Waals surface area contributed by atoms with Crippen LogP contribution >= 0.6 is 0 Å². The zero-order chi connectivity index (χ0) is 18.5. The third-order valence-electron chi connectivity index (χ3n) is 4.72. The second-order valence-corrected chi connectivity index (χ2v) is 6.48. The summed E-state index contributed by atoms with van der Waals surface area (Å²) in [6, 6.07) is 5.88. The van der Waals surface area contributed by atoms with Crippen LogP contribution in [0, 0.1) is 0 Å². The summed E-state index contributed by atoms with van der Waals surface area (Å²) in [6.07, 6.45) is 1.48. The third kappa shape index (κ3) is 4.13. The SMILES string of the molecule is COc1ccc(C(=O)N2CCNC(C(=O)NC3CCCNC3=O)C2)cc1. The van der Waals surface area contributed by atoms with E-state index in [2.05, 4.69) is 16.0 Å². The van der Waals surface area contributed by atoms with Gasteiger partial charge in [0.1, 0.15) is 17.8 Å². The van der Waals surface area contributed by atoms with Gasteiger partial charge in [0.2, 0.25) is 11.8 Å². The van der Waals surface area contributed by atoms with Gasteiger partial charge in [-0.2, -0.15) is 0 Å². The summed E-state index contributed by atoms with van der Waals surface area (Å²) in [4.78, 5) is 38.6. The standard InChI is InChI=1S/C18H24N4O4/c1-26-13-6-4-12(5-7-13)18(25)22-10-9-19-15(11-22)17(24)21-14-3-2-8-20-16(14)23/h4-7,14-15,19H,2-3,8-11H2,1H3,(H,20,23)(H,21,24). The van der Waals surface area contributed by atoms with Crippen LogP contribution in [0.5, 0.6) is 5.75 Å². The van der Waals surface area contributed by atoms with E-state index in [1.165, 1.54) is 0 Å². The molecule has 2 unspecified atom stereocenters. The first-order chi connectivity index (χ1) is 12.6. The molecule has 3 rings (SSSR count). The molecule has 2 heterocycles. The second kappa shape index (κ2) is 8.18. The number of benzene rings is 1. The van der Waals surface area contributed by atoms with Crippen LogP contribution in [0.1, 0.15) is 23.2 Å². The maximum absolute atomic E-state index is 12.7. The molecule has 8 heteroatoms. The van der Waals surface area contributed by atoms with Gasteiger partial charge in [0, 0.05) is 31.7 Å². The molecule has 0 spiro atoms. The predicted molar refractivity (Wildman–Crippen MR) is 94.9 cm³/mol. The van der Waals surface area contributed by atoms with E-state index < -0.39 is 12.1 Å². The van der Waals surface area contributed by atoms with Gasteiger partial charge in [0.25, 0.3) is 5.91 Å². The number of hydrogen-bond donors (Lipinski definition) is 3. The second-order valence-electron chi connectivity index (χ2n) is 6.48. The van der Waals surface area contributed by atoms with Crippen molar-refractivity contribution in [2.24, 2.45) is 0 Å². The molecule has 26 heavy (non-hydrogen) atoms. The summed E-state index contributed by atoms with van der Waals surface area (Å²) in [7, 11) is 1.57. The Morgan fingerprint density at radius 3 is 2.69 bits per heavy atom. The number of ether oxygens (including phenoxy) is 1. The molecule has 8 nitrogen and oxygen atoms in total. The van der Waals surface area contributed by atoms with Gasteiger partial charge in [0.15, 0.2) is 0 Å². The molecule has 0 aliphatic carbocycles. The Morgan fingerprint density at radius 1 is 1.23 bits per heavy atom. The van der Waals surface area contributed by atoms with Crippen molar-refractivity contribution in [1.82, 2.24) is 20.9 Å². The van der Waals surface area contributed by atoms with E-state index in [4.69, 9.17) is 4.74 Å². The normalized spacial score (nSPS) is 23.1. The van der Waals surface area contributed by atoms with Crippen LogP contribution in [0.2, 0.25) is 0 Å². The van der Waals surface area contributed by atoms with Gasteiger partial charge >= 0.3 is 0 Å². The third-order valence-corrected chi connectivity index (χ3v) is 4.72. The molecule has 1 aromatic carbocycles. The monoisotopic (exact) mass is 360 g/mol. The molecule has 2 saturated heterocycles. The summed E-state index contributed by atoms with van der Waals surface area (Å²) < 4.78 is 5.10. The molecule has 2 fully saturated rings. The molecule has 0 aromatic heterocycles. The van der Waals surface area contributed by atoms with Gasteiger partial charge < -0.3 is 25.6 Å². The number of methoxy groups -OCH3 is 1. The molecular weight excluding hydrogens is 336 g/mol. The molecule has 0 radical (unpaired) electrons. The van der Waals surface area contributed by atoms with Crippen LogP contribution in [0.4, 0.5) is 0 Å². The lowest BCUT2D eigenvalue weighted by molar-refractivity contribution is -0.131. The summed E-state index contributed by atoms with van der Waals surface area (Å²) in [5.41, 5.74) is 0.554. The van der Waals surface area contributed by atoms with Gasteiger partial charge in [0.05, 0.1) is 7.11 Å². The Bertz CT molecular complexity index is 676. The summed E-state index contributed by atoms with van der Waals surface area (Å²) >= 11 is 0. The van der Waals surface area contributed by atoms with Crippen LogP contribution in [0.15, 0.2) is 24.3 Å². The smallest absolute Gasteiger partial charge is 0.253 e. The maximum Gasteiger partial charge on any atom is 0.253 e. The highest BCUT2D eigenvalue weighted by Gasteiger charge is 2.31. The highest BCUT2D eigenvalue weighted by atomic mass is 16.5. The molecule has 3 N–H and O–H groups in total. The highest BCUT2D eigenvalue weighted by molar-refractivity contribution is 5.95. The fourth-order valence-electron chi connectivity index (χ4n) is 3.21. The Kier molecular flexibility index (Phi) is 5.72. The van der Waals surface area contributed by atoms with Gasteiger partial charge in [-0.3, -0.25) is 14.4 Å². The first-order valence-electron chi connectivity index (χ1n) is 8.83. The van der Waals surface area contributed by atoms with Gasteiger partial charge in [-0.05, 0) is 37.1 Å². The fraction of sp³-hybridized carbons (Fsp3) is 0.500. The Labute approximate surface area is 152 Å². The number of amides is 3. The lowest BCUT2D eigenvalue weighted by atomic mass is 10.1. The lowest BCUT2D eigenvalue weighted by Crippen LogP contribution is -2.61. The van der Waals surface area contributed by atoms with E-state index in [-0.39, 0.29) is 24.3 Å². The molecule has 3 amide bonds. The van der Waals surface area contributed by atoms with Crippen molar-refractivity contribution in [3.8, 4) is 5.75 Å². The van der Waals surface area contributed by atoms with Crippen LogP contribution in [-0.2, 0) is 9.59 Å². The molecule has 2 aliphatic rings. The zero-order valence-electron chi connectivity index (χ0n) is 14.8. The minimum Gasteiger partial charge on any atom is -0.497 e. The highest BCUT2D eigenvalue weighted by Crippen LogP contribution is 2.14. The molecule has 0 bridgehead atoms. The number of piperazine rings is 1. The molecular formula is C18H24N4O4. The van der Waals surface area contributed by atoms with Gasteiger partial charge in [-0.15, -0.1) is 0 Å². The van der Waals surface area contributed by atoms with E-state index in [0.29, 0.717) is 37.4 Å². The van der Waals surface area contributed by atoms with Crippen molar-refractivity contribution >= 4 is 17.7 Å². The van der Waals surface area contributed by atoms with E-state index >= 15 is 0 Å². The number of hydrogen-bond acceptors (Lipinski definition) is 5. The van der Waals surface area contributed by atoms with Crippen LogP contribution < -0.4 is 20.7 Å². The van der Waals surface area contributed by atoms with Crippen LogP contribution in [0.3, 0.4) is 0 Å². The summed E-state index contributed by atoms with van der Waals surface area (Å²) in [5.74, 6) is 0.165. The molecule has 2 aliphatic heterocycles. The Morgan fingerprint density at radius 2 is 2.00 bits per heavy atom. The van der Waals surface area contributed by atoms with Crippen molar-refractivity contribution in [2.75, 3.05) is 33.3 Å². The van der Waals surface area contributed by atoms with E-state index in [1.54, 1.807) is 36.3 Å². The van der Waals surface area contributed by atoms with Crippen molar-refractivity contribution in [1.29, 1.82) is 0 Å². The van der Waals surface area contributed by atoms with Crippen LogP contribution in [0.25, 0.3) is 0 Å². The zero-order valence-corrected chi connectivity index (χ0v) is 14.8. The first kappa shape index (κ1) is 18.2. The molecule has 2 atom stereocenters. The maximum atomic E-state index is 12.7. The predicted octanol–water partition coefficient (Wildman–Crippen LogP) is -0.496. The fourth-order valence-corrected chi connectivity index (χ4v) is 3.21. The first-order valence-corrected chi connectivity index (χ1v) is 8.83. The largest absolute Gasteiger partial charge is 0.497 e. The number of rotatable bonds is 4. The number of nitrogens with one attached hydrogen (secondary N) is 3. The minimum absolute atomic E-state index is 0.123.